The van der Waals surface area contributed by atoms with Crippen LogP contribution in [0.3, 0.4) is 0 Å². The van der Waals surface area contributed by atoms with Crippen LogP contribution in [-0.2, 0) is 14.3 Å². The SMILES string of the molecule is C=C(CC(=O)O)C(=O)OC(CCCC)CC(F)(F)C(F)(F)C(F)(F)C(F)(F)C(F)(F)C(F)(F)C(F)(F)C(F)(F)F. The highest BCUT2D eigenvalue weighted by Gasteiger charge is 2.95. The molecule has 0 aromatic rings. The van der Waals surface area contributed by atoms with Crippen LogP contribution in [0.25, 0.3) is 0 Å². The van der Waals surface area contributed by atoms with E-state index in [-0.39, 0.29) is 12.8 Å². The molecule has 0 bridgehead atoms. The fraction of sp³-hybridized carbons (Fsp3) is 0.789. The van der Waals surface area contributed by atoms with Crippen molar-refractivity contribution in [2.45, 2.75) is 92.8 Å². The van der Waals surface area contributed by atoms with Crippen molar-refractivity contribution in [2.24, 2.45) is 0 Å². The van der Waals surface area contributed by atoms with Crippen LogP contribution in [-0.4, -0.2) is 70.8 Å². The van der Waals surface area contributed by atoms with Gasteiger partial charge < -0.3 is 9.84 Å². The van der Waals surface area contributed by atoms with Crippen molar-refractivity contribution in [1.29, 1.82) is 0 Å². The summed E-state index contributed by atoms with van der Waals surface area (Å²) in [5.41, 5.74) is -1.05. The lowest BCUT2D eigenvalue weighted by atomic mass is 9.87. The molecule has 0 fully saturated rings. The molecule has 0 spiro atoms. The summed E-state index contributed by atoms with van der Waals surface area (Å²) >= 11 is 0. The van der Waals surface area contributed by atoms with E-state index in [1.165, 1.54) is 6.92 Å². The van der Waals surface area contributed by atoms with Gasteiger partial charge in [-0.2, -0.15) is 74.6 Å². The molecular formula is C19H17F17O4. The highest BCUT2D eigenvalue weighted by molar-refractivity contribution is 5.92. The molecule has 1 N–H and O–H groups in total. The lowest BCUT2D eigenvalue weighted by Crippen LogP contribution is -2.74. The van der Waals surface area contributed by atoms with Gasteiger partial charge in [0.05, 0.1) is 12.8 Å². The van der Waals surface area contributed by atoms with E-state index in [1.54, 1.807) is 0 Å². The van der Waals surface area contributed by atoms with Crippen LogP contribution in [0.15, 0.2) is 12.2 Å². The Morgan fingerprint density at radius 1 is 0.700 bits per heavy atom. The van der Waals surface area contributed by atoms with E-state index in [4.69, 9.17) is 5.11 Å². The quantitative estimate of drug-likeness (QED) is 0.115. The first-order valence-corrected chi connectivity index (χ1v) is 10.2. The van der Waals surface area contributed by atoms with E-state index < -0.39 is 90.5 Å². The Bertz CT molecular complexity index is 939. The second-order valence-corrected chi connectivity index (χ2v) is 8.20. The number of hydrogen-bond acceptors (Lipinski definition) is 3. The Hall–Kier alpha value is -2.51. The molecule has 0 aromatic heterocycles. The third-order valence-electron chi connectivity index (χ3n) is 5.08. The number of ether oxygens (including phenoxy) is 1. The third-order valence-corrected chi connectivity index (χ3v) is 5.08. The van der Waals surface area contributed by atoms with Gasteiger partial charge in [0.2, 0.25) is 0 Å². The summed E-state index contributed by atoms with van der Waals surface area (Å²) in [7, 11) is 0. The normalized spacial score (nSPS) is 15.6. The number of carbonyl (C=O) groups excluding carboxylic acids is 1. The first-order chi connectivity index (χ1) is 17.4. The zero-order chi connectivity index (χ0) is 32.6. The Labute approximate surface area is 212 Å². The summed E-state index contributed by atoms with van der Waals surface area (Å²) in [4.78, 5) is 22.3. The van der Waals surface area contributed by atoms with Gasteiger partial charge in [0.25, 0.3) is 0 Å². The molecule has 0 rings (SSSR count). The first-order valence-electron chi connectivity index (χ1n) is 10.2. The number of aliphatic carboxylic acids is 1. The van der Waals surface area contributed by atoms with Gasteiger partial charge in [-0.1, -0.05) is 26.3 Å². The molecule has 236 valence electrons. The highest BCUT2D eigenvalue weighted by atomic mass is 19.4. The number of carbonyl (C=O) groups is 2. The second-order valence-electron chi connectivity index (χ2n) is 8.20. The summed E-state index contributed by atoms with van der Waals surface area (Å²) in [5, 5.41) is 8.52. The van der Waals surface area contributed by atoms with Gasteiger partial charge >= 0.3 is 59.6 Å². The topological polar surface area (TPSA) is 63.6 Å². The largest absolute Gasteiger partial charge is 0.481 e. The maximum Gasteiger partial charge on any atom is 0.460 e. The number of esters is 1. The molecule has 1 unspecified atom stereocenters. The molecule has 0 saturated carbocycles. The molecule has 40 heavy (non-hydrogen) atoms. The van der Waals surface area contributed by atoms with Gasteiger partial charge in [0.15, 0.2) is 0 Å². The van der Waals surface area contributed by atoms with E-state index in [1.807, 2.05) is 0 Å². The number of unbranched alkanes of at least 4 members (excludes halogenated alkanes) is 1. The van der Waals surface area contributed by atoms with Crippen molar-refractivity contribution in [3.63, 3.8) is 0 Å². The number of carboxylic acid groups (broad SMARTS) is 1. The summed E-state index contributed by atoms with van der Waals surface area (Å²) < 4.78 is 232. The monoisotopic (exact) mass is 632 g/mol. The number of rotatable bonds is 15. The minimum Gasteiger partial charge on any atom is -0.481 e. The predicted octanol–water partition coefficient (Wildman–Crippen LogP) is 7.52. The minimum atomic E-state index is -8.75. The van der Waals surface area contributed by atoms with Crippen LogP contribution in [0.1, 0.15) is 39.0 Å². The van der Waals surface area contributed by atoms with E-state index in [0.29, 0.717) is 0 Å². The molecule has 0 aliphatic rings. The summed E-state index contributed by atoms with van der Waals surface area (Å²) in [6.07, 6.45) is -16.2. The highest BCUT2D eigenvalue weighted by Crippen LogP contribution is 2.64. The predicted molar refractivity (Wildman–Crippen MR) is 96.1 cm³/mol. The fourth-order valence-corrected chi connectivity index (χ4v) is 2.73. The Kier molecular flexibility index (Phi) is 10.7. The van der Waals surface area contributed by atoms with Gasteiger partial charge in [-0.25, -0.2) is 4.79 Å². The standard InChI is InChI=1S/C19H17F17O4/c1-3-4-5-9(40-11(39)8(2)6-10(37)38)7-12(20,21)13(22,23)14(24,25)15(26,27)16(28,29)17(30,31)18(32,33)19(34,35)36/h9H,2-7H2,1H3,(H,37,38). The van der Waals surface area contributed by atoms with E-state index in [0.717, 1.165) is 0 Å². The maximum atomic E-state index is 14.2. The van der Waals surface area contributed by atoms with Crippen LogP contribution in [0.2, 0.25) is 0 Å². The molecule has 0 aromatic carbocycles. The Morgan fingerprint density at radius 2 is 1.07 bits per heavy atom. The summed E-state index contributed by atoms with van der Waals surface area (Å²) in [6.45, 7) is 4.11. The molecule has 0 aliphatic carbocycles. The van der Waals surface area contributed by atoms with Crippen LogP contribution >= 0.6 is 0 Å². The number of halogens is 17. The average Bonchev–Trinajstić information content (AvgIpc) is 2.74. The van der Waals surface area contributed by atoms with Crippen molar-refractivity contribution < 1.29 is 94.1 Å². The van der Waals surface area contributed by atoms with Crippen LogP contribution < -0.4 is 0 Å². The molecule has 4 nitrogen and oxygen atoms in total. The van der Waals surface area contributed by atoms with Gasteiger partial charge in [0, 0.05) is 5.57 Å². The molecular weight excluding hydrogens is 615 g/mol. The van der Waals surface area contributed by atoms with Crippen LogP contribution in [0.5, 0.6) is 0 Å². The minimum absolute atomic E-state index is 0.0466. The molecule has 0 saturated heterocycles. The van der Waals surface area contributed by atoms with Crippen molar-refractivity contribution in [2.75, 3.05) is 0 Å². The van der Waals surface area contributed by atoms with Gasteiger partial charge in [-0.3, -0.25) is 4.79 Å². The summed E-state index contributed by atoms with van der Waals surface area (Å²) in [5.74, 6) is -61.1. The van der Waals surface area contributed by atoms with E-state index >= 15 is 0 Å². The van der Waals surface area contributed by atoms with E-state index in [9.17, 15) is 84.2 Å². The maximum absolute atomic E-state index is 14.2. The number of carboxylic acids is 1. The van der Waals surface area contributed by atoms with Crippen molar-refractivity contribution >= 4 is 11.9 Å². The average molecular weight is 632 g/mol. The molecule has 0 radical (unpaired) electrons. The third kappa shape index (κ3) is 6.36. The van der Waals surface area contributed by atoms with Gasteiger partial charge in [0.1, 0.15) is 6.10 Å². The van der Waals surface area contributed by atoms with Gasteiger partial charge in [-0.15, -0.1) is 0 Å². The first kappa shape index (κ1) is 37.5. The number of alkyl halides is 17. The number of hydrogen-bond donors (Lipinski definition) is 1. The molecule has 0 aliphatic heterocycles. The lowest BCUT2D eigenvalue weighted by Gasteiger charge is -2.43. The van der Waals surface area contributed by atoms with Crippen molar-refractivity contribution in [3.05, 3.63) is 12.2 Å². The van der Waals surface area contributed by atoms with Gasteiger partial charge in [-0.05, 0) is 6.42 Å². The zero-order valence-corrected chi connectivity index (χ0v) is 19.4. The van der Waals surface area contributed by atoms with E-state index in [2.05, 4.69) is 11.3 Å². The fourth-order valence-electron chi connectivity index (χ4n) is 2.73. The smallest absolute Gasteiger partial charge is 0.460 e. The molecule has 0 amide bonds. The van der Waals surface area contributed by atoms with Crippen LogP contribution in [0, 0.1) is 0 Å². The second kappa shape index (κ2) is 11.4. The molecule has 21 heteroatoms. The Balaban J connectivity index is 6.59. The Morgan fingerprint density at radius 3 is 1.43 bits per heavy atom. The summed E-state index contributed by atoms with van der Waals surface area (Å²) in [6, 6.07) is 0. The van der Waals surface area contributed by atoms with Crippen molar-refractivity contribution in [3.8, 4) is 0 Å². The molecule has 0 heterocycles. The van der Waals surface area contributed by atoms with Crippen LogP contribution in [0.4, 0.5) is 74.6 Å². The van der Waals surface area contributed by atoms with Crippen molar-refractivity contribution in [1.82, 2.24) is 0 Å². The lowest BCUT2D eigenvalue weighted by molar-refractivity contribution is -0.462. The molecule has 1 atom stereocenters. The zero-order valence-electron chi connectivity index (χ0n) is 19.4.